The molecule has 9 heteroatoms. The fraction of sp³-hybridized carbons (Fsp3) is 0.929. The number of aliphatic hydroxyl groups is 4. The number of hydrogen-bond donors (Lipinski definition) is 4. The number of carbonyl (C=O) groups excluding carboxylic acids is 1. The summed E-state index contributed by atoms with van der Waals surface area (Å²) in [5.74, 6) is -0.316. The quantitative estimate of drug-likeness (QED) is 0.0284. The third kappa shape index (κ3) is 26.4. The molecule has 0 saturated carbocycles. The van der Waals surface area contributed by atoms with Crippen molar-refractivity contribution in [2.75, 3.05) is 26.4 Å². The molecule has 4 N–H and O–H groups in total. The Morgan fingerprint density at radius 2 is 1.08 bits per heavy atom. The number of hydrogen-bond acceptors (Lipinski definition) is 9. The van der Waals surface area contributed by atoms with Gasteiger partial charge in [0.05, 0.1) is 19.8 Å². The van der Waals surface area contributed by atoms with Crippen LogP contribution in [-0.2, 0) is 23.7 Å². The molecule has 1 fully saturated rings. The van der Waals surface area contributed by atoms with Gasteiger partial charge in [0, 0.05) is 13.0 Å². The summed E-state index contributed by atoms with van der Waals surface area (Å²) < 4.78 is 22.7. The van der Waals surface area contributed by atoms with Crippen LogP contribution in [0.1, 0.15) is 187 Å². The Bertz CT molecular complexity index is 792. The molecule has 1 heterocycles. The highest BCUT2D eigenvalue weighted by molar-refractivity contribution is 5.69. The third-order valence-electron chi connectivity index (χ3n) is 9.93. The van der Waals surface area contributed by atoms with Crippen molar-refractivity contribution >= 4 is 5.97 Å². The Labute approximate surface area is 312 Å². The smallest absolute Gasteiger partial charge is 0.306 e. The number of unbranched alkanes of at least 4 members (excludes halogenated alkanes) is 23. The molecule has 0 aliphatic carbocycles. The van der Waals surface area contributed by atoms with E-state index in [4.69, 9.17) is 18.9 Å². The van der Waals surface area contributed by atoms with Crippen molar-refractivity contribution in [2.45, 2.75) is 224 Å². The number of ether oxygens (including phenoxy) is 4. The average Bonchev–Trinajstić information content (AvgIpc) is 3.13. The van der Waals surface area contributed by atoms with Crippen molar-refractivity contribution in [1.82, 2.24) is 0 Å². The first-order chi connectivity index (χ1) is 24.9. The van der Waals surface area contributed by atoms with Crippen molar-refractivity contribution in [3.63, 3.8) is 0 Å². The second-order valence-electron chi connectivity index (χ2n) is 14.8. The van der Waals surface area contributed by atoms with Gasteiger partial charge >= 0.3 is 5.97 Å². The minimum Gasteiger partial charge on any atom is -0.457 e. The van der Waals surface area contributed by atoms with Crippen LogP contribution in [0.4, 0.5) is 0 Å². The van der Waals surface area contributed by atoms with Gasteiger partial charge in [-0.25, -0.2) is 0 Å². The minimum atomic E-state index is -1.53. The summed E-state index contributed by atoms with van der Waals surface area (Å²) in [5.41, 5.74) is 0. The van der Waals surface area contributed by atoms with E-state index < -0.39 is 43.4 Å². The van der Waals surface area contributed by atoms with Crippen molar-refractivity contribution in [3.8, 4) is 0 Å². The van der Waals surface area contributed by atoms with Crippen LogP contribution in [0.5, 0.6) is 0 Å². The summed E-state index contributed by atoms with van der Waals surface area (Å²) in [6.07, 6.45) is 29.5. The summed E-state index contributed by atoms with van der Waals surface area (Å²) in [7, 11) is 0. The molecule has 0 bridgehead atoms. The molecular weight excluding hydrogens is 648 g/mol. The highest BCUT2D eigenvalue weighted by Crippen LogP contribution is 2.22. The van der Waals surface area contributed by atoms with E-state index in [-0.39, 0.29) is 19.2 Å². The van der Waals surface area contributed by atoms with Crippen LogP contribution >= 0.6 is 0 Å². The van der Waals surface area contributed by atoms with Gasteiger partial charge in [0.2, 0.25) is 0 Å². The molecule has 1 rings (SSSR count). The van der Waals surface area contributed by atoms with Gasteiger partial charge in [-0.1, -0.05) is 154 Å². The van der Waals surface area contributed by atoms with Crippen LogP contribution in [0.2, 0.25) is 0 Å². The summed E-state index contributed by atoms with van der Waals surface area (Å²) in [5, 5.41) is 40.0. The zero-order valence-corrected chi connectivity index (χ0v) is 32.9. The average molecular weight is 729 g/mol. The van der Waals surface area contributed by atoms with Crippen LogP contribution in [0.15, 0.2) is 12.2 Å². The summed E-state index contributed by atoms with van der Waals surface area (Å²) in [6, 6.07) is 0. The maximum atomic E-state index is 12.7. The van der Waals surface area contributed by atoms with E-state index in [2.05, 4.69) is 26.0 Å². The van der Waals surface area contributed by atoms with Gasteiger partial charge in [0.1, 0.15) is 30.5 Å². The summed E-state index contributed by atoms with van der Waals surface area (Å²) >= 11 is 0. The van der Waals surface area contributed by atoms with E-state index in [1.807, 2.05) is 0 Å². The largest absolute Gasteiger partial charge is 0.457 e. The molecule has 1 saturated heterocycles. The minimum absolute atomic E-state index is 0.110. The van der Waals surface area contributed by atoms with E-state index in [0.717, 1.165) is 32.1 Å². The van der Waals surface area contributed by atoms with Crippen LogP contribution in [0.3, 0.4) is 0 Å². The van der Waals surface area contributed by atoms with Gasteiger partial charge in [-0.2, -0.15) is 0 Å². The lowest BCUT2D eigenvalue weighted by Gasteiger charge is -2.39. The second kappa shape index (κ2) is 34.7. The van der Waals surface area contributed by atoms with Crippen LogP contribution in [0.25, 0.3) is 0 Å². The number of esters is 1. The van der Waals surface area contributed by atoms with Crippen molar-refractivity contribution < 1.29 is 44.2 Å². The van der Waals surface area contributed by atoms with Crippen LogP contribution in [-0.4, -0.2) is 89.6 Å². The molecule has 6 unspecified atom stereocenters. The molecule has 0 spiro atoms. The van der Waals surface area contributed by atoms with Gasteiger partial charge in [0.25, 0.3) is 0 Å². The molecule has 0 amide bonds. The lowest BCUT2D eigenvalue weighted by molar-refractivity contribution is -0.305. The normalized spacial score (nSPS) is 21.4. The molecule has 51 heavy (non-hydrogen) atoms. The van der Waals surface area contributed by atoms with Gasteiger partial charge in [-0.15, -0.1) is 0 Å². The summed E-state index contributed by atoms with van der Waals surface area (Å²) in [4.78, 5) is 12.7. The topological polar surface area (TPSA) is 135 Å². The Balaban J connectivity index is 2.26. The highest BCUT2D eigenvalue weighted by Gasteiger charge is 2.44. The van der Waals surface area contributed by atoms with E-state index >= 15 is 0 Å². The maximum absolute atomic E-state index is 12.7. The maximum Gasteiger partial charge on any atom is 0.306 e. The van der Waals surface area contributed by atoms with Crippen LogP contribution in [0, 0.1) is 0 Å². The van der Waals surface area contributed by atoms with Crippen LogP contribution < -0.4 is 0 Å². The molecular formula is C42H80O9. The zero-order valence-electron chi connectivity index (χ0n) is 32.9. The van der Waals surface area contributed by atoms with E-state index in [9.17, 15) is 25.2 Å². The predicted molar refractivity (Wildman–Crippen MR) is 206 cm³/mol. The van der Waals surface area contributed by atoms with Crippen molar-refractivity contribution in [3.05, 3.63) is 12.2 Å². The van der Waals surface area contributed by atoms with E-state index in [1.54, 1.807) is 0 Å². The lowest BCUT2D eigenvalue weighted by atomic mass is 9.99. The molecule has 0 aromatic rings. The number of rotatable bonds is 36. The predicted octanol–water partition coefficient (Wildman–Crippen LogP) is 8.86. The molecule has 0 radical (unpaired) electrons. The monoisotopic (exact) mass is 729 g/mol. The van der Waals surface area contributed by atoms with Gasteiger partial charge < -0.3 is 39.4 Å². The molecule has 0 aromatic heterocycles. The Morgan fingerprint density at radius 3 is 1.59 bits per heavy atom. The standard InChI is InChI=1S/C42H80O9/c1-3-5-7-9-11-13-15-16-17-18-19-20-21-22-23-25-27-29-31-38(44)50-36(34-48-32-30-28-26-24-14-12-10-8-6-4-2)35-49-42-41(47)40(46)39(45)37(33-43)51-42/h17-18,36-37,39-43,45-47H,3-16,19-35H2,1-2H3/b18-17-. The Hall–Kier alpha value is -1.07. The molecule has 1 aliphatic heterocycles. The lowest BCUT2D eigenvalue weighted by Crippen LogP contribution is -2.59. The number of allylic oxidation sites excluding steroid dienone is 2. The summed E-state index contributed by atoms with van der Waals surface area (Å²) in [6.45, 7) is 4.56. The van der Waals surface area contributed by atoms with Crippen molar-refractivity contribution in [1.29, 1.82) is 0 Å². The highest BCUT2D eigenvalue weighted by atomic mass is 16.7. The SMILES string of the molecule is CCCCCCCCC/C=C\CCCCCCCCCC(=O)OC(COCCCCCCCCCCCC)COC1OC(CO)C(O)C(O)C1O. The third-order valence-corrected chi connectivity index (χ3v) is 9.93. The molecule has 0 aromatic carbocycles. The molecule has 9 nitrogen and oxygen atoms in total. The number of carbonyl (C=O) groups is 1. The zero-order chi connectivity index (χ0) is 37.2. The fourth-order valence-corrected chi connectivity index (χ4v) is 6.54. The Morgan fingerprint density at radius 1 is 0.608 bits per heavy atom. The Kier molecular flexibility index (Phi) is 32.6. The first-order valence-corrected chi connectivity index (χ1v) is 21.3. The first-order valence-electron chi connectivity index (χ1n) is 21.3. The van der Waals surface area contributed by atoms with Crippen molar-refractivity contribution in [2.24, 2.45) is 0 Å². The first kappa shape index (κ1) is 48.0. The van der Waals surface area contributed by atoms with Gasteiger partial charge in [-0.05, 0) is 38.5 Å². The fourth-order valence-electron chi connectivity index (χ4n) is 6.54. The van der Waals surface area contributed by atoms with Gasteiger partial charge in [0.15, 0.2) is 6.29 Å². The number of aliphatic hydroxyl groups excluding tert-OH is 4. The van der Waals surface area contributed by atoms with Gasteiger partial charge in [-0.3, -0.25) is 4.79 Å². The second-order valence-corrected chi connectivity index (χ2v) is 14.8. The molecule has 6 atom stereocenters. The molecule has 1 aliphatic rings. The van der Waals surface area contributed by atoms with E-state index in [0.29, 0.717) is 13.0 Å². The van der Waals surface area contributed by atoms with E-state index in [1.165, 1.54) is 135 Å². The molecule has 302 valence electrons.